The first kappa shape index (κ1) is 20.4. The zero-order valence-corrected chi connectivity index (χ0v) is 22.7. The van der Waals surface area contributed by atoms with Gasteiger partial charge in [0, 0.05) is 39.0 Å². The first-order valence-corrected chi connectivity index (χ1v) is 14.5. The third-order valence-electron chi connectivity index (χ3n) is 4.74. The second-order valence-electron chi connectivity index (χ2n) is 6.55. The molecule has 0 saturated heterocycles. The highest BCUT2D eigenvalue weighted by molar-refractivity contribution is 9.11. The lowest BCUT2D eigenvalue weighted by atomic mass is 10.1. The van der Waals surface area contributed by atoms with E-state index in [2.05, 4.69) is 94.2 Å². The summed E-state index contributed by atoms with van der Waals surface area (Å²) in [6, 6.07) is 17.7. The quantitative estimate of drug-likeness (QED) is 0.193. The van der Waals surface area contributed by atoms with Gasteiger partial charge in [0.05, 0.1) is 7.57 Å². The molecule has 0 unspecified atom stereocenters. The van der Waals surface area contributed by atoms with Gasteiger partial charge in [-0.3, -0.25) is 0 Å². The minimum atomic E-state index is 1.18. The number of hydrogen-bond acceptors (Lipinski definition) is 5. The highest BCUT2D eigenvalue weighted by Gasteiger charge is 2.18. The lowest BCUT2D eigenvalue weighted by molar-refractivity contribution is 1.41. The van der Waals surface area contributed by atoms with Crippen molar-refractivity contribution < 1.29 is 0 Å². The van der Waals surface area contributed by atoms with Crippen molar-refractivity contribution in [2.45, 2.75) is 13.8 Å². The molecule has 0 atom stereocenters. The summed E-state index contributed by atoms with van der Waals surface area (Å²) in [5, 5.41) is 0. The van der Waals surface area contributed by atoms with Crippen LogP contribution >= 0.6 is 88.5 Å². The molecule has 5 aromatic heterocycles. The molecule has 0 bridgehead atoms. The average molecular weight is 598 g/mol. The third kappa shape index (κ3) is 3.91. The summed E-state index contributed by atoms with van der Waals surface area (Å²) in [5.41, 5.74) is 2.80. The molecule has 5 heterocycles. The van der Waals surface area contributed by atoms with Crippen molar-refractivity contribution in [2.75, 3.05) is 0 Å². The molecule has 7 heteroatoms. The van der Waals surface area contributed by atoms with Crippen molar-refractivity contribution in [2.24, 2.45) is 0 Å². The summed E-state index contributed by atoms with van der Waals surface area (Å²) in [4.78, 5) is 10.8. The molecule has 0 aliphatic heterocycles. The standard InChI is InChI=1S/C22H14Br2S5/c1-11-12(2)22(18-6-4-14(26-18)16-8-10-20(24)28-16)29-21(11)17-5-3-13(25-17)15-7-9-19(23)27-15/h3-10H,1-2H3. The molecule has 5 rings (SSSR count). The molecular formula is C22H14Br2S5. The Morgan fingerprint density at radius 2 is 0.793 bits per heavy atom. The molecule has 0 N–H and O–H groups in total. The summed E-state index contributed by atoms with van der Waals surface area (Å²) in [7, 11) is 0. The van der Waals surface area contributed by atoms with Crippen LogP contribution in [0.25, 0.3) is 39.0 Å². The maximum absolute atomic E-state index is 3.58. The van der Waals surface area contributed by atoms with Crippen LogP contribution in [0.3, 0.4) is 0 Å². The fourth-order valence-corrected chi connectivity index (χ4v) is 9.76. The average Bonchev–Trinajstić information content (AvgIpc) is 3.48. The minimum Gasteiger partial charge on any atom is -0.134 e. The number of halogens is 2. The van der Waals surface area contributed by atoms with E-state index in [1.165, 1.54) is 57.7 Å². The van der Waals surface area contributed by atoms with Crippen LogP contribution in [0.5, 0.6) is 0 Å². The van der Waals surface area contributed by atoms with Gasteiger partial charge < -0.3 is 0 Å². The Hall–Kier alpha value is -0.540. The van der Waals surface area contributed by atoms with Gasteiger partial charge in [0.1, 0.15) is 0 Å². The minimum absolute atomic E-state index is 1.18. The maximum Gasteiger partial charge on any atom is 0.0705 e. The summed E-state index contributed by atoms with van der Waals surface area (Å²) in [6.07, 6.45) is 0. The lowest BCUT2D eigenvalue weighted by Gasteiger charge is -1.96. The maximum atomic E-state index is 3.58. The zero-order chi connectivity index (χ0) is 20.1. The molecule has 146 valence electrons. The summed E-state index contributed by atoms with van der Waals surface area (Å²) >= 11 is 16.4. The van der Waals surface area contributed by atoms with Gasteiger partial charge in [0.25, 0.3) is 0 Å². The van der Waals surface area contributed by atoms with E-state index in [0.29, 0.717) is 0 Å². The zero-order valence-electron chi connectivity index (χ0n) is 15.4. The van der Waals surface area contributed by atoms with Crippen LogP contribution in [0.2, 0.25) is 0 Å². The second-order valence-corrected chi connectivity index (χ2v) is 14.7. The van der Waals surface area contributed by atoms with Crippen molar-refractivity contribution >= 4 is 88.5 Å². The van der Waals surface area contributed by atoms with Crippen LogP contribution in [0.1, 0.15) is 11.1 Å². The van der Waals surface area contributed by atoms with Crippen molar-refractivity contribution in [3.8, 4) is 39.0 Å². The van der Waals surface area contributed by atoms with Crippen molar-refractivity contribution in [1.82, 2.24) is 0 Å². The van der Waals surface area contributed by atoms with Crippen LogP contribution in [0.4, 0.5) is 0 Å². The van der Waals surface area contributed by atoms with Gasteiger partial charge in [0.2, 0.25) is 0 Å². The van der Waals surface area contributed by atoms with E-state index in [9.17, 15) is 0 Å². The second kappa shape index (κ2) is 8.19. The van der Waals surface area contributed by atoms with Crippen molar-refractivity contribution in [3.05, 3.63) is 67.2 Å². The molecule has 0 spiro atoms. The summed E-state index contributed by atoms with van der Waals surface area (Å²) < 4.78 is 2.36. The van der Waals surface area contributed by atoms with E-state index in [1.807, 2.05) is 34.0 Å². The van der Waals surface area contributed by atoms with E-state index in [1.54, 1.807) is 22.7 Å². The molecule has 0 radical (unpaired) electrons. The van der Waals surface area contributed by atoms with Gasteiger partial charge in [-0.25, -0.2) is 0 Å². The fraction of sp³-hybridized carbons (Fsp3) is 0.0909. The van der Waals surface area contributed by atoms with Crippen LogP contribution < -0.4 is 0 Å². The van der Waals surface area contributed by atoms with Crippen molar-refractivity contribution in [1.29, 1.82) is 0 Å². The SMILES string of the molecule is Cc1c(-c2ccc(-c3ccc(Br)s3)s2)sc(-c2ccc(-c3ccc(Br)s3)s2)c1C. The van der Waals surface area contributed by atoms with Gasteiger partial charge in [-0.2, -0.15) is 0 Å². The van der Waals surface area contributed by atoms with Crippen LogP contribution in [0, 0.1) is 13.8 Å². The van der Waals surface area contributed by atoms with Crippen LogP contribution in [-0.2, 0) is 0 Å². The molecule has 0 nitrogen and oxygen atoms in total. The summed E-state index contributed by atoms with van der Waals surface area (Å²) in [5.74, 6) is 0. The molecule has 0 aromatic carbocycles. The molecular weight excluding hydrogens is 584 g/mol. The topological polar surface area (TPSA) is 0 Å². The van der Waals surface area contributed by atoms with Crippen LogP contribution in [0.15, 0.2) is 56.1 Å². The largest absolute Gasteiger partial charge is 0.134 e. The molecule has 0 aliphatic carbocycles. The summed E-state index contributed by atoms with van der Waals surface area (Å²) in [6.45, 7) is 4.52. The molecule has 0 amide bonds. The molecule has 0 fully saturated rings. The lowest BCUT2D eigenvalue weighted by Crippen LogP contribution is -1.75. The number of rotatable bonds is 4. The first-order chi connectivity index (χ1) is 14.0. The first-order valence-electron chi connectivity index (χ1n) is 8.81. The Balaban J connectivity index is 1.51. The highest BCUT2D eigenvalue weighted by Crippen LogP contribution is 2.48. The predicted molar refractivity (Wildman–Crippen MR) is 142 cm³/mol. The van der Waals surface area contributed by atoms with Gasteiger partial charge in [0.15, 0.2) is 0 Å². The smallest absolute Gasteiger partial charge is 0.0705 e. The molecule has 29 heavy (non-hydrogen) atoms. The van der Waals surface area contributed by atoms with E-state index < -0.39 is 0 Å². The van der Waals surface area contributed by atoms with Gasteiger partial charge in [-0.05, 0) is 105 Å². The molecule has 0 saturated carbocycles. The van der Waals surface area contributed by atoms with Gasteiger partial charge in [-0.15, -0.1) is 56.7 Å². The number of hydrogen-bond donors (Lipinski definition) is 0. The molecule has 5 aromatic rings. The third-order valence-corrected chi connectivity index (χ3v) is 12.3. The Labute approximate surface area is 206 Å². The van der Waals surface area contributed by atoms with Gasteiger partial charge in [-0.1, -0.05) is 0 Å². The fourth-order valence-electron chi connectivity index (χ4n) is 3.14. The Morgan fingerprint density at radius 3 is 1.17 bits per heavy atom. The van der Waals surface area contributed by atoms with E-state index in [4.69, 9.17) is 0 Å². The normalized spacial score (nSPS) is 11.4. The Bertz CT molecular complexity index is 1210. The van der Waals surface area contributed by atoms with E-state index in [-0.39, 0.29) is 0 Å². The van der Waals surface area contributed by atoms with Gasteiger partial charge >= 0.3 is 0 Å². The predicted octanol–water partition coefficient (Wildman–Crippen LogP) is 10.8. The van der Waals surface area contributed by atoms with Crippen molar-refractivity contribution in [3.63, 3.8) is 0 Å². The molecule has 0 aliphatic rings. The Morgan fingerprint density at radius 1 is 0.448 bits per heavy atom. The van der Waals surface area contributed by atoms with Crippen LogP contribution in [-0.4, -0.2) is 0 Å². The highest BCUT2D eigenvalue weighted by atomic mass is 79.9. The van der Waals surface area contributed by atoms with E-state index >= 15 is 0 Å². The number of thiophene rings is 5. The monoisotopic (exact) mass is 596 g/mol. The van der Waals surface area contributed by atoms with E-state index in [0.717, 1.165) is 0 Å². The Kier molecular flexibility index (Phi) is 5.75.